The summed E-state index contributed by atoms with van der Waals surface area (Å²) in [4.78, 5) is 3.35. The minimum Gasteiger partial charge on any atom is -0.355 e. The molecule has 0 bridgehead atoms. The first-order valence-corrected chi connectivity index (χ1v) is 11.6. The van der Waals surface area contributed by atoms with E-state index in [-0.39, 0.29) is 6.04 Å². The first-order chi connectivity index (χ1) is 13.6. The van der Waals surface area contributed by atoms with E-state index in [9.17, 15) is 8.42 Å². The average Bonchev–Trinajstić information content (AvgIpc) is 3.39. The fourth-order valence-electron chi connectivity index (χ4n) is 3.26. The summed E-state index contributed by atoms with van der Waals surface area (Å²) in [5.74, 6) is 0.911. The van der Waals surface area contributed by atoms with Gasteiger partial charge in [0.2, 0.25) is 10.0 Å². The van der Waals surface area contributed by atoms with E-state index in [1.54, 1.807) is 17.4 Å². The summed E-state index contributed by atoms with van der Waals surface area (Å²) in [5, 5.41) is 10.8. The molecule has 0 spiro atoms. The Labute approximate surface area is 169 Å². The molecule has 146 valence electrons. The number of thiophene rings is 1. The second-order valence-electron chi connectivity index (χ2n) is 6.75. The Morgan fingerprint density at radius 2 is 1.93 bits per heavy atom. The first kappa shape index (κ1) is 18.9. The molecule has 8 heteroatoms. The molecule has 6 nitrogen and oxygen atoms in total. The molecule has 3 heterocycles. The van der Waals surface area contributed by atoms with Crippen molar-refractivity contribution in [3.8, 4) is 10.6 Å². The zero-order valence-corrected chi connectivity index (χ0v) is 16.9. The van der Waals surface area contributed by atoms with Gasteiger partial charge in [0.15, 0.2) is 5.82 Å². The maximum absolute atomic E-state index is 12.3. The van der Waals surface area contributed by atoms with Crippen LogP contribution in [0.3, 0.4) is 0 Å². The van der Waals surface area contributed by atoms with Crippen molar-refractivity contribution in [1.29, 1.82) is 0 Å². The molecule has 0 unspecified atom stereocenters. The zero-order chi connectivity index (χ0) is 19.4. The lowest BCUT2D eigenvalue weighted by Gasteiger charge is -2.31. The summed E-state index contributed by atoms with van der Waals surface area (Å²) in [5.41, 5.74) is 1.88. The average molecular weight is 415 g/mol. The van der Waals surface area contributed by atoms with Gasteiger partial charge in [-0.1, -0.05) is 36.4 Å². The van der Waals surface area contributed by atoms with Gasteiger partial charge in [-0.3, -0.25) is 5.10 Å². The molecule has 0 amide bonds. The van der Waals surface area contributed by atoms with E-state index in [0.717, 1.165) is 47.9 Å². The Kier molecular flexibility index (Phi) is 5.61. The summed E-state index contributed by atoms with van der Waals surface area (Å²) in [6.07, 6.45) is 3.12. The Morgan fingerprint density at radius 1 is 1.14 bits per heavy atom. The largest absolute Gasteiger partial charge is 0.355 e. The molecular weight excluding hydrogens is 392 g/mol. The number of piperidine rings is 1. The van der Waals surface area contributed by atoms with Crippen molar-refractivity contribution in [2.75, 3.05) is 18.0 Å². The Balaban J connectivity index is 1.32. The van der Waals surface area contributed by atoms with E-state index < -0.39 is 10.0 Å². The minimum atomic E-state index is -3.46. The van der Waals surface area contributed by atoms with Gasteiger partial charge in [0.05, 0.1) is 10.6 Å². The van der Waals surface area contributed by atoms with Gasteiger partial charge in [-0.15, -0.1) is 11.3 Å². The highest BCUT2D eigenvalue weighted by molar-refractivity contribution is 7.92. The van der Waals surface area contributed by atoms with Crippen LogP contribution in [0.15, 0.2) is 59.3 Å². The van der Waals surface area contributed by atoms with Crippen LogP contribution in [0.4, 0.5) is 5.82 Å². The highest BCUT2D eigenvalue weighted by atomic mass is 32.2. The summed E-state index contributed by atoms with van der Waals surface area (Å²) >= 11 is 1.67. The molecule has 3 aromatic rings. The van der Waals surface area contributed by atoms with Crippen molar-refractivity contribution in [3.63, 3.8) is 0 Å². The molecule has 28 heavy (non-hydrogen) atoms. The molecule has 0 aliphatic carbocycles. The minimum absolute atomic E-state index is 0.0580. The number of anilines is 1. The molecule has 0 atom stereocenters. The van der Waals surface area contributed by atoms with Crippen LogP contribution in [0.1, 0.15) is 18.4 Å². The van der Waals surface area contributed by atoms with Gasteiger partial charge >= 0.3 is 0 Å². The van der Waals surface area contributed by atoms with E-state index in [2.05, 4.69) is 32.0 Å². The van der Waals surface area contributed by atoms with E-state index in [1.807, 2.05) is 41.8 Å². The van der Waals surface area contributed by atoms with Crippen LogP contribution in [-0.4, -0.2) is 37.7 Å². The normalized spacial score (nSPS) is 16.1. The molecule has 1 aliphatic heterocycles. The van der Waals surface area contributed by atoms with Crippen molar-refractivity contribution < 1.29 is 8.42 Å². The van der Waals surface area contributed by atoms with E-state index in [1.165, 1.54) is 5.41 Å². The number of sulfonamides is 1. The maximum atomic E-state index is 12.3. The standard InChI is InChI=1S/C20H22N4O2S2/c25-28(26,14-10-16-5-2-1-3-6-16)23-17-8-11-24(12-9-17)20-15-18(21-22-20)19-7-4-13-27-19/h1-7,10,13-15,17,23H,8-9,11-12H2,(H,21,22)/b14-10+. The Morgan fingerprint density at radius 3 is 2.64 bits per heavy atom. The summed E-state index contributed by atoms with van der Waals surface area (Å²) < 4.78 is 27.5. The maximum Gasteiger partial charge on any atom is 0.233 e. The van der Waals surface area contributed by atoms with Crippen LogP contribution in [0.5, 0.6) is 0 Å². The quantitative estimate of drug-likeness (QED) is 0.645. The Bertz CT molecular complexity index is 1020. The number of hydrogen-bond donors (Lipinski definition) is 2. The summed E-state index contributed by atoms with van der Waals surface area (Å²) in [6, 6.07) is 15.5. The number of H-pyrrole nitrogens is 1. The monoisotopic (exact) mass is 414 g/mol. The second-order valence-corrected chi connectivity index (χ2v) is 9.30. The van der Waals surface area contributed by atoms with Gasteiger partial charge in [0.1, 0.15) is 0 Å². The van der Waals surface area contributed by atoms with Crippen LogP contribution in [0.25, 0.3) is 16.6 Å². The van der Waals surface area contributed by atoms with Gasteiger partial charge in [0.25, 0.3) is 0 Å². The van der Waals surface area contributed by atoms with Crippen LogP contribution in [0.2, 0.25) is 0 Å². The van der Waals surface area contributed by atoms with E-state index >= 15 is 0 Å². The molecule has 0 radical (unpaired) electrons. The van der Waals surface area contributed by atoms with E-state index in [0.29, 0.717) is 0 Å². The SMILES string of the molecule is O=S(=O)(/C=C/c1ccccc1)NC1CCN(c2cc(-c3cccs3)[nH]n2)CC1. The third-order valence-electron chi connectivity index (χ3n) is 4.74. The number of rotatable bonds is 6. The molecular formula is C20H22N4O2S2. The van der Waals surface area contributed by atoms with Crippen molar-refractivity contribution >= 4 is 33.3 Å². The highest BCUT2D eigenvalue weighted by Gasteiger charge is 2.24. The van der Waals surface area contributed by atoms with Gasteiger partial charge in [0, 0.05) is 30.6 Å². The molecule has 1 saturated heterocycles. The van der Waals surface area contributed by atoms with Gasteiger partial charge in [-0.05, 0) is 35.9 Å². The molecule has 2 aromatic heterocycles. The van der Waals surface area contributed by atoms with Crippen LogP contribution in [0, 0.1) is 0 Å². The second kappa shape index (κ2) is 8.30. The topological polar surface area (TPSA) is 78.1 Å². The fourth-order valence-corrected chi connectivity index (χ4v) is 5.07. The summed E-state index contributed by atoms with van der Waals surface area (Å²) in [7, 11) is -3.46. The number of hydrogen-bond acceptors (Lipinski definition) is 5. The predicted molar refractivity (Wildman–Crippen MR) is 115 cm³/mol. The van der Waals surface area contributed by atoms with Gasteiger partial charge < -0.3 is 4.90 Å². The van der Waals surface area contributed by atoms with Crippen molar-refractivity contribution in [1.82, 2.24) is 14.9 Å². The number of aromatic amines is 1. The lowest BCUT2D eigenvalue weighted by molar-refractivity contribution is 0.461. The zero-order valence-electron chi connectivity index (χ0n) is 15.3. The number of aromatic nitrogens is 2. The van der Waals surface area contributed by atoms with Crippen molar-refractivity contribution in [2.45, 2.75) is 18.9 Å². The molecule has 1 fully saturated rings. The lowest BCUT2D eigenvalue weighted by atomic mass is 10.1. The lowest BCUT2D eigenvalue weighted by Crippen LogP contribution is -2.44. The predicted octanol–water partition coefficient (Wildman–Crippen LogP) is 3.70. The fraction of sp³-hybridized carbons (Fsp3) is 0.250. The third kappa shape index (κ3) is 4.70. The number of nitrogens with one attached hydrogen (secondary N) is 2. The molecule has 2 N–H and O–H groups in total. The van der Waals surface area contributed by atoms with E-state index in [4.69, 9.17) is 0 Å². The molecule has 1 aliphatic rings. The van der Waals surface area contributed by atoms with Crippen LogP contribution < -0.4 is 9.62 Å². The van der Waals surface area contributed by atoms with Crippen LogP contribution >= 0.6 is 11.3 Å². The number of nitrogens with zero attached hydrogens (tertiary/aromatic N) is 2. The van der Waals surface area contributed by atoms with Crippen LogP contribution in [-0.2, 0) is 10.0 Å². The highest BCUT2D eigenvalue weighted by Crippen LogP contribution is 2.27. The smallest absolute Gasteiger partial charge is 0.233 e. The molecule has 1 aromatic carbocycles. The van der Waals surface area contributed by atoms with Gasteiger partial charge in [-0.2, -0.15) is 5.10 Å². The molecule has 0 saturated carbocycles. The van der Waals surface area contributed by atoms with Crippen molar-refractivity contribution in [2.24, 2.45) is 0 Å². The van der Waals surface area contributed by atoms with Gasteiger partial charge in [-0.25, -0.2) is 13.1 Å². The van der Waals surface area contributed by atoms with Crippen molar-refractivity contribution in [3.05, 3.63) is 64.9 Å². The first-order valence-electron chi connectivity index (χ1n) is 9.19. The Hall–Kier alpha value is -2.42. The third-order valence-corrected chi connectivity index (χ3v) is 6.80. The number of benzene rings is 1. The summed E-state index contributed by atoms with van der Waals surface area (Å²) in [6.45, 7) is 1.54. The molecule has 4 rings (SSSR count).